The number of hydrogen-bond acceptors (Lipinski definition) is 8. The fourth-order valence-corrected chi connectivity index (χ4v) is 3.97. The molecule has 8 heteroatoms. The second kappa shape index (κ2) is 6.75. The Morgan fingerprint density at radius 1 is 0.828 bits per heavy atom. The Morgan fingerprint density at radius 3 is 2.38 bits per heavy atom. The van der Waals surface area contributed by atoms with E-state index in [0.29, 0.717) is 6.54 Å². The Balaban J connectivity index is 1.49. The van der Waals surface area contributed by atoms with Crippen LogP contribution in [0.1, 0.15) is 5.82 Å². The molecule has 3 aliphatic rings. The van der Waals surface area contributed by atoms with Gasteiger partial charge in [-0.15, -0.1) is 0 Å². The molecule has 1 saturated heterocycles. The van der Waals surface area contributed by atoms with Crippen molar-refractivity contribution in [1.29, 1.82) is 0 Å². The number of ether oxygens (including phenoxy) is 4. The molecule has 0 bridgehead atoms. The fraction of sp³-hybridized carbons (Fsp3) is 0.333. The standard InChI is InChI=1S/C21H20N4O4/c1-2-16-17(27-11-26-16)7-13(1)21-14-8-18-19(29-12-28-18)9-15(14)23-20(24-21)10-25-5-3-22-4-6-25/h1-2,7-9,22H,3-6,10-12H2. The van der Waals surface area contributed by atoms with Crippen LogP contribution in [0.5, 0.6) is 23.0 Å². The van der Waals surface area contributed by atoms with Gasteiger partial charge in [0.1, 0.15) is 5.82 Å². The third-order valence-corrected chi connectivity index (χ3v) is 5.46. The Kier molecular flexibility index (Phi) is 3.92. The summed E-state index contributed by atoms with van der Waals surface area (Å²) in [5, 5.41) is 4.31. The molecular formula is C21H20N4O4. The summed E-state index contributed by atoms with van der Waals surface area (Å²) in [6.07, 6.45) is 0. The average molecular weight is 392 g/mol. The van der Waals surface area contributed by atoms with Crippen molar-refractivity contribution in [2.45, 2.75) is 6.54 Å². The first-order valence-corrected chi connectivity index (χ1v) is 9.77. The van der Waals surface area contributed by atoms with Crippen LogP contribution in [-0.4, -0.2) is 54.6 Å². The van der Waals surface area contributed by atoms with Crippen molar-refractivity contribution >= 4 is 10.9 Å². The van der Waals surface area contributed by atoms with E-state index in [0.717, 1.165) is 77.2 Å². The van der Waals surface area contributed by atoms with Crippen molar-refractivity contribution in [2.24, 2.45) is 0 Å². The van der Waals surface area contributed by atoms with E-state index in [1.807, 2.05) is 30.3 Å². The van der Waals surface area contributed by atoms with E-state index < -0.39 is 0 Å². The first kappa shape index (κ1) is 16.8. The maximum Gasteiger partial charge on any atom is 0.231 e. The Labute approximate surface area is 167 Å². The largest absolute Gasteiger partial charge is 0.454 e. The molecule has 0 amide bonds. The highest BCUT2D eigenvalue weighted by Gasteiger charge is 2.21. The van der Waals surface area contributed by atoms with Crippen LogP contribution in [0, 0.1) is 0 Å². The van der Waals surface area contributed by atoms with Crippen LogP contribution in [0.25, 0.3) is 22.2 Å². The summed E-state index contributed by atoms with van der Waals surface area (Å²) in [4.78, 5) is 12.2. The highest BCUT2D eigenvalue weighted by atomic mass is 16.7. The zero-order valence-electron chi connectivity index (χ0n) is 15.8. The van der Waals surface area contributed by atoms with E-state index in [4.69, 9.17) is 28.9 Å². The van der Waals surface area contributed by atoms with Gasteiger partial charge in [0, 0.05) is 43.2 Å². The van der Waals surface area contributed by atoms with E-state index >= 15 is 0 Å². The summed E-state index contributed by atoms with van der Waals surface area (Å²) in [7, 11) is 0. The lowest BCUT2D eigenvalue weighted by molar-refractivity contribution is 0.173. The molecule has 0 atom stereocenters. The van der Waals surface area contributed by atoms with Crippen LogP contribution < -0.4 is 24.3 Å². The highest BCUT2D eigenvalue weighted by Crippen LogP contribution is 2.41. The van der Waals surface area contributed by atoms with Crippen molar-refractivity contribution in [1.82, 2.24) is 20.2 Å². The number of nitrogens with zero attached hydrogens (tertiary/aromatic N) is 3. The van der Waals surface area contributed by atoms with Gasteiger partial charge in [-0.3, -0.25) is 4.90 Å². The van der Waals surface area contributed by atoms with Crippen LogP contribution in [0.2, 0.25) is 0 Å². The van der Waals surface area contributed by atoms with Crippen molar-refractivity contribution in [3.05, 3.63) is 36.2 Å². The topological polar surface area (TPSA) is 78.0 Å². The minimum absolute atomic E-state index is 0.228. The molecule has 148 valence electrons. The van der Waals surface area contributed by atoms with Crippen molar-refractivity contribution < 1.29 is 18.9 Å². The van der Waals surface area contributed by atoms with Crippen molar-refractivity contribution in [3.63, 3.8) is 0 Å². The first-order chi connectivity index (χ1) is 14.3. The Hall–Kier alpha value is -3.10. The number of nitrogens with one attached hydrogen (secondary N) is 1. The lowest BCUT2D eigenvalue weighted by atomic mass is 10.0. The van der Waals surface area contributed by atoms with Gasteiger partial charge in [-0.2, -0.15) is 0 Å². The number of aromatic nitrogens is 2. The Morgan fingerprint density at radius 2 is 1.55 bits per heavy atom. The molecule has 29 heavy (non-hydrogen) atoms. The van der Waals surface area contributed by atoms with E-state index in [9.17, 15) is 0 Å². The third kappa shape index (κ3) is 3.01. The minimum atomic E-state index is 0.228. The van der Waals surface area contributed by atoms with Gasteiger partial charge < -0.3 is 24.3 Å². The minimum Gasteiger partial charge on any atom is -0.454 e. The zero-order chi connectivity index (χ0) is 19.2. The summed E-state index contributed by atoms with van der Waals surface area (Å²) in [5.41, 5.74) is 2.67. The van der Waals surface area contributed by atoms with E-state index in [-0.39, 0.29) is 13.6 Å². The zero-order valence-corrected chi connectivity index (χ0v) is 15.8. The molecule has 0 saturated carbocycles. The summed E-state index contributed by atoms with van der Waals surface area (Å²) < 4.78 is 22.2. The lowest BCUT2D eigenvalue weighted by Crippen LogP contribution is -2.43. The normalized spacial score (nSPS) is 17.8. The quantitative estimate of drug-likeness (QED) is 0.727. The predicted molar refractivity (Wildman–Crippen MR) is 105 cm³/mol. The second-order valence-electron chi connectivity index (χ2n) is 7.31. The number of fused-ring (bicyclic) bond motifs is 3. The van der Waals surface area contributed by atoms with Crippen molar-refractivity contribution in [3.8, 4) is 34.3 Å². The smallest absolute Gasteiger partial charge is 0.231 e. The van der Waals surface area contributed by atoms with E-state index in [2.05, 4.69) is 10.2 Å². The van der Waals surface area contributed by atoms with Crippen LogP contribution in [0.3, 0.4) is 0 Å². The second-order valence-corrected chi connectivity index (χ2v) is 7.31. The van der Waals surface area contributed by atoms with Gasteiger partial charge >= 0.3 is 0 Å². The molecule has 3 aliphatic heterocycles. The maximum absolute atomic E-state index is 5.59. The fourth-order valence-electron chi connectivity index (χ4n) is 3.97. The molecule has 0 aliphatic carbocycles. The van der Waals surface area contributed by atoms with Crippen LogP contribution in [0.15, 0.2) is 30.3 Å². The Bertz CT molecular complexity index is 1100. The number of piperazine rings is 1. The van der Waals surface area contributed by atoms with Gasteiger partial charge in [-0.1, -0.05) is 0 Å². The summed E-state index contributed by atoms with van der Waals surface area (Å²) in [6, 6.07) is 9.82. The molecule has 3 aromatic rings. The summed E-state index contributed by atoms with van der Waals surface area (Å²) in [5.74, 6) is 3.73. The molecule has 0 unspecified atom stereocenters. The van der Waals surface area contributed by atoms with Crippen LogP contribution in [0.4, 0.5) is 0 Å². The van der Waals surface area contributed by atoms with Gasteiger partial charge in [-0.05, 0) is 24.3 Å². The number of hydrogen-bond donors (Lipinski definition) is 1. The van der Waals surface area contributed by atoms with Gasteiger partial charge in [0.05, 0.1) is 17.8 Å². The molecule has 1 aromatic heterocycles. The maximum atomic E-state index is 5.59. The van der Waals surface area contributed by atoms with Crippen LogP contribution >= 0.6 is 0 Å². The SMILES string of the molecule is c1cc2c(cc1-c1nc(CN3CCNCC3)nc3cc4c(cc13)OCO4)OCO2. The van der Waals surface area contributed by atoms with E-state index in [1.54, 1.807) is 0 Å². The average Bonchev–Trinajstić information content (AvgIpc) is 3.40. The van der Waals surface area contributed by atoms with Gasteiger partial charge in [0.2, 0.25) is 13.6 Å². The lowest BCUT2D eigenvalue weighted by Gasteiger charge is -2.26. The molecule has 0 spiro atoms. The van der Waals surface area contributed by atoms with Gasteiger partial charge in [0.15, 0.2) is 23.0 Å². The first-order valence-electron chi connectivity index (χ1n) is 9.77. The summed E-state index contributed by atoms with van der Waals surface area (Å²) in [6.45, 7) is 5.14. The third-order valence-electron chi connectivity index (χ3n) is 5.46. The van der Waals surface area contributed by atoms with Gasteiger partial charge in [-0.25, -0.2) is 9.97 Å². The highest BCUT2D eigenvalue weighted by molar-refractivity contribution is 5.95. The van der Waals surface area contributed by atoms with Crippen molar-refractivity contribution in [2.75, 3.05) is 39.8 Å². The monoisotopic (exact) mass is 392 g/mol. The predicted octanol–water partition coefficient (Wildman–Crippen LogP) is 2.16. The molecule has 2 aromatic carbocycles. The molecular weight excluding hydrogens is 372 g/mol. The molecule has 8 nitrogen and oxygen atoms in total. The molecule has 1 fully saturated rings. The molecule has 1 N–H and O–H groups in total. The van der Waals surface area contributed by atoms with E-state index in [1.165, 1.54) is 0 Å². The number of rotatable bonds is 3. The molecule has 0 radical (unpaired) electrons. The number of benzene rings is 2. The molecule has 4 heterocycles. The van der Waals surface area contributed by atoms with Crippen LogP contribution in [-0.2, 0) is 6.54 Å². The molecule has 6 rings (SSSR count). The van der Waals surface area contributed by atoms with Gasteiger partial charge in [0.25, 0.3) is 0 Å². The summed E-state index contributed by atoms with van der Waals surface area (Å²) >= 11 is 0.